The molecule has 0 aromatic rings. The molecule has 1 N–H and O–H groups in total. The molecule has 0 bridgehead atoms. The van der Waals surface area contributed by atoms with Crippen LogP contribution in [0.2, 0.25) is 0 Å². The normalized spacial score (nSPS) is 26.0. The standard InChI is InChI=1S/C10H11N5O2/c1-6-5-7-9(15(16)17)8(3-2-4-11)12-10(7)14-13-6/h5,7,10,12H,2-3H2,1H3. The monoisotopic (exact) mass is 233 g/mol. The number of allylic oxidation sites excluding steroid dienone is 2. The second kappa shape index (κ2) is 4.33. The Labute approximate surface area is 97.7 Å². The number of nitriles is 1. The Morgan fingerprint density at radius 2 is 2.47 bits per heavy atom. The third-order valence-electron chi connectivity index (χ3n) is 2.73. The van der Waals surface area contributed by atoms with Gasteiger partial charge in [-0.05, 0) is 13.0 Å². The van der Waals surface area contributed by atoms with Crippen molar-refractivity contribution in [2.24, 2.45) is 16.1 Å². The lowest BCUT2D eigenvalue weighted by Crippen LogP contribution is -2.27. The molecule has 0 aromatic carbocycles. The van der Waals surface area contributed by atoms with Crippen LogP contribution in [-0.2, 0) is 0 Å². The summed E-state index contributed by atoms with van der Waals surface area (Å²) >= 11 is 0. The smallest absolute Gasteiger partial charge is 0.276 e. The molecule has 0 saturated heterocycles. The Morgan fingerprint density at radius 3 is 3.12 bits per heavy atom. The second-order valence-electron chi connectivity index (χ2n) is 3.92. The summed E-state index contributed by atoms with van der Waals surface area (Å²) in [6.45, 7) is 1.75. The molecule has 2 aliphatic heterocycles. The highest BCUT2D eigenvalue weighted by Crippen LogP contribution is 2.33. The van der Waals surface area contributed by atoms with E-state index in [0.29, 0.717) is 17.8 Å². The van der Waals surface area contributed by atoms with Gasteiger partial charge in [0, 0.05) is 12.8 Å². The second-order valence-corrected chi connectivity index (χ2v) is 3.92. The highest BCUT2D eigenvalue weighted by Gasteiger charge is 2.42. The van der Waals surface area contributed by atoms with Crippen LogP contribution >= 0.6 is 0 Å². The largest absolute Gasteiger partial charge is 0.359 e. The van der Waals surface area contributed by atoms with E-state index in [4.69, 9.17) is 5.26 Å². The number of hydrogen-bond acceptors (Lipinski definition) is 6. The van der Waals surface area contributed by atoms with Crippen molar-refractivity contribution in [3.63, 3.8) is 0 Å². The molecule has 0 amide bonds. The first-order valence-electron chi connectivity index (χ1n) is 5.23. The topological polar surface area (TPSA) is 104 Å². The van der Waals surface area contributed by atoms with Crippen LogP contribution in [0.3, 0.4) is 0 Å². The average Bonchev–Trinajstić information content (AvgIpc) is 2.63. The number of hydrogen-bond donors (Lipinski definition) is 1. The van der Waals surface area contributed by atoms with E-state index in [1.54, 1.807) is 13.0 Å². The molecule has 88 valence electrons. The summed E-state index contributed by atoms with van der Waals surface area (Å²) in [5.74, 6) is -0.379. The first kappa shape index (κ1) is 11.3. The summed E-state index contributed by atoms with van der Waals surface area (Å²) in [4.78, 5) is 10.7. The molecule has 0 aromatic heterocycles. The van der Waals surface area contributed by atoms with Crippen LogP contribution in [-0.4, -0.2) is 11.1 Å². The third kappa shape index (κ3) is 2.01. The Balaban J connectivity index is 2.31. The van der Waals surface area contributed by atoms with Crippen molar-refractivity contribution in [2.75, 3.05) is 0 Å². The van der Waals surface area contributed by atoms with Gasteiger partial charge in [0.1, 0.15) is 5.92 Å². The molecule has 2 atom stereocenters. The summed E-state index contributed by atoms with van der Waals surface area (Å²) in [5, 5.41) is 30.4. The number of nitrogens with one attached hydrogen (secondary N) is 1. The predicted molar refractivity (Wildman–Crippen MR) is 57.9 cm³/mol. The van der Waals surface area contributed by atoms with Gasteiger partial charge in [0.2, 0.25) is 0 Å². The van der Waals surface area contributed by atoms with Crippen LogP contribution < -0.4 is 5.32 Å². The van der Waals surface area contributed by atoms with Crippen LogP contribution in [0.1, 0.15) is 19.8 Å². The SMILES string of the molecule is CC1=CC2C([N+](=O)[O-])=C(CCC#N)NC2N=N1. The van der Waals surface area contributed by atoms with Gasteiger partial charge in [0.15, 0.2) is 6.17 Å². The Hall–Kier alpha value is -2.23. The number of nitrogens with zero attached hydrogens (tertiary/aromatic N) is 4. The van der Waals surface area contributed by atoms with Crippen molar-refractivity contribution in [3.05, 3.63) is 33.3 Å². The lowest BCUT2D eigenvalue weighted by molar-refractivity contribution is -0.432. The number of azo groups is 1. The van der Waals surface area contributed by atoms with E-state index >= 15 is 0 Å². The van der Waals surface area contributed by atoms with Gasteiger partial charge in [-0.15, -0.1) is 0 Å². The maximum atomic E-state index is 11.1. The van der Waals surface area contributed by atoms with Crippen molar-refractivity contribution < 1.29 is 4.92 Å². The highest BCUT2D eigenvalue weighted by atomic mass is 16.6. The molecule has 0 fully saturated rings. The number of fused-ring (bicyclic) bond motifs is 1. The van der Waals surface area contributed by atoms with Gasteiger partial charge in [0.05, 0.1) is 22.4 Å². The van der Waals surface area contributed by atoms with Crippen LogP contribution in [0, 0.1) is 27.4 Å². The van der Waals surface area contributed by atoms with Crippen molar-refractivity contribution in [1.82, 2.24) is 5.32 Å². The molecule has 2 rings (SSSR count). The van der Waals surface area contributed by atoms with Crippen LogP contribution in [0.25, 0.3) is 0 Å². The quantitative estimate of drug-likeness (QED) is 0.591. The predicted octanol–water partition coefficient (Wildman–Crippen LogP) is 1.69. The van der Waals surface area contributed by atoms with Gasteiger partial charge < -0.3 is 5.32 Å². The molecule has 2 unspecified atom stereocenters. The molecular formula is C10H11N5O2. The molecule has 0 saturated carbocycles. The maximum absolute atomic E-state index is 11.1. The van der Waals surface area contributed by atoms with Crippen molar-refractivity contribution in [1.29, 1.82) is 5.26 Å². The minimum atomic E-state index is -0.396. The lowest BCUT2D eigenvalue weighted by atomic mass is 10.0. The first-order chi connectivity index (χ1) is 8.13. The summed E-state index contributed by atoms with van der Waals surface area (Å²) in [5.41, 5.74) is 1.29. The van der Waals surface area contributed by atoms with Crippen molar-refractivity contribution in [2.45, 2.75) is 25.9 Å². The molecule has 0 spiro atoms. The molecule has 2 heterocycles. The van der Waals surface area contributed by atoms with Gasteiger partial charge in [-0.25, -0.2) is 0 Å². The summed E-state index contributed by atoms with van der Waals surface area (Å²) in [6.07, 6.45) is 1.94. The Morgan fingerprint density at radius 1 is 1.71 bits per heavy atom. The molecule has 7 nitrogen and oxygen atoms in total. The van der Waals surface area contributed by atoms with E-state index < -0.39 is 11.1 Å². The Bertz CT molecular complexity index is 485. The van der Waals surface area contributed by atoms with Gasteiger partial charge in [0.25, 0.3) is 5.70 Å². The van der Waals surface area contributed by atoms with E-state index in [9.17, 15) is 10.1 Å². The summed E-state index contributed by atoms with van der Waals surface area (Å²) in [7, 11) is 0. The summed E-state index contributed by atoms with van der Waals surface area (Å²) in [6, 6.07) is 1.98. The van der Waals surface area contributed by atoms with Crippen molar-refractivity contribution >= 4 is 0 Å². The Kier molecular flexibility index (Phi) is 2.87. The van der Waals surface area contributed by atoms with Crippen molar-refractivity contribution in [3.8, 4) is 6.07 Å². The fourth-order valence-electron chi connectivity index (χ4n) is 2.02. The molecule has 0 aliphatic carbocycles. The lowest BCUT2D eigenvalue weighted by Gasteiger charge is -2.14. The van der Waals surface area contributed by atoms with Gasteiger partial charge in [-0.3, -0.25) is 10.1 Å². The van der Waals surface area contributed by atoms with E-state index in [2.05, 4.69) is 15.5 Å². The average molecular weight is 233 g/mol. The zero-order valence-electron chi connectivity index (χ0n) is 9.25. The van der Waals surface area contributed by atoms with Crippen LogP contribution in [0.4, 0.5) is 0 Å². The highest BCUT2D eigenvalue weighted by molar-refractivity contribution is 5.26. The van der Waals surface area contributed by atoms with E-state index in [1.165, 1.54) is 0 Å². The van der Waals surface area contributed by atoms with Crippen LogP contribution in [0.5, 0.6) is 0 Å². The van der Waals surface area contributed by atoms with Gasteiger partial charge in [-0.1, -0.05) is 0 Å². The molecule has 7 heteroatoms. The fraction of sp³-hybridized carbons (Fsp3) is 0.500. The van der Waals surface area contributed by atoms with Gasteiger partial charge >= 0.3 is 0 Å². The molecular weight excluding hydrogens is 222 g/mol. The molecule has 2 aliphatic rings. The summed E-state index contributed by atoms with van der Waals surface area (Å²) < 4.78 is 0. The number of rotatable bonds is 3. The fourth-order valence-corrected chi connectivity index (χ4v) is 2.02. The van der Waals surface area contributed by atoms with E-state index in [1.807, 2.05) is 6.07 Å². The van der Waals surface area contributed by atoms with Gasteiger partial charge in [-0.2, -0.15) is 15.5 Å². The maximum Gasteiger partial charge on any atom is 0.276 e. The zero-order valence-corrected chi connectivity index (χ0v) is 9.25. The van der Waals surface area contributed by atoms with Crippen LogP contribution in [0.15, 0.2) is 33.4 Å². The van der Waals surface area contributed by atoms with E-state index in [0.717, 1.165) is 0 Å². The molecule has 17 heavy (non-hydrogen) atoms. The minimum Gasteiger partial charge on any atom is -0.359 e. The number of nitro groups is 1. The minimum absolute atomic E-state index is 0.114. The first-order valence-corrected chi connectivity index (χ1v) is 5.23. The van der Waals surface area contributed by atoms with E-state index in [-0.39, 0.29) is 18.0 Å². The molecule has 0 radical (unpaired) electrons. The third-order valence-corrected chi connectivity index (χ3v) is 2.73. The zero-order chi connectivity index (χ0) is 12.4.